The van der Waals surface area contributed by atoms with Gasteiger partial charge < -0.3 is 14.4 Å². The molecule has 1 heterocycles. The SMILES string of the molecule is Cc1c(OCc2ccc(C3CCCCC3)c(C(F)(F)F)c2)ccc2c1CCN2C(=O)CCC=O. The number of alkyl halides is 3. The van der Waals surface area contributed by atoms with Crippen LogP contribution in [-0.4, -0.2) is 18.7 Å². The van der Waals surface area contributed by atoms with E-state index in [1.165, 1.54) is 6.07 Å². The quantitative estimate of drug-likeness (QED) is 0.431. The van der Waals surface area contributed by atoms with Crippen LogP contribution in [0.5, 0.6) is 5.75 Å². The summed E-state index contributed by atoms with van der Waals surface area (Å²) in [5.74, 6) is 0.485. The average Bonchev–Trinajstić information content (AvgIpc) is 3.27. The maximum absolute atomic E-state index is 13.8. The summed E-state index contributed by atoms with van der Waals surface area (Å²) in [5, 5.41) is 0. The minimum atomic E-state index is -4.40. The standard InChI is InChI=1S/C27H30F3NO3/c1-18-21-13-14-31(26(33)8-5-15-32)24(21)11-12-25(18)34-17-19-9-10-22(20-6-3-2-4-7-20)23(16-19)27(28,29)30/h9-12,15-16,20H,2-8,13-14,17H2,1H3. The monoisotopic (exact) mass is 473 g/mol. The van der Waals surface area contributed by atoms with Gasteiger partial charge in [0.05, 0.1) is 5.56 Å². The number of hydrogen-bond acceptors (Lipinski definition) is 3. The van der Waals surface area contributed by atoms with Gasteiger partial charge in [0, 0.05) is 25.1 Å². The minimum absolute atomic E-state index is 0.0310. The van der Waals surface area contributed by atoms with Gasteiger partial charge in [-0.05, 0) is 72.6 Å². The highest BCUT2D eigenvalue weighted by molar-refractivity contribution is 5.96. The van der Waals surface area contributed by atoms with Crippen molar-refractivity contribution < 1.29 is 27.5 Å². The second-order valence-corrected chi connectivity index (χ2v) is 9.23. The van der Waals surface area contributed by atoms with Crippen molar-refractivity contribution in [2.24, 2.45) is 0 Å². The summed E-state index contributed by atoms with van der Waals surface area (Å²) >= 11 is 0. The van der Waals surface area contributed by atoms with E-state index in [0.717, 1.165) is 55.2 Å². The summed E-state index contributed by atoms with van der Waals surface area (Å²) in [6.07, 6.45) is 2.06. The van der Waals surface area contributed by atoms with Crippen LogP contribution in [0.4, 0.5) is 18.9 Å². The lowest BCUT2D eigenvalue weighted by molar-refractivity contribution is -0.138. The molecule has 4 nitrogen and oxygen atoms in total. The van der Waals surface area contributed by atoms with Crippen LogP contribution in [0, 0.1) is 6.92 Å². The van der Waals surface area contributed by atoms with Gasteiger partial charge in [-0.25, -0.2) is 0 Å². The van der Waals surface area contributed by atoms with E-state index in [2.05, 4.69) is 0 Å². The molecule has 7 heteroatoms. The van der Waals surface area contributed by atoms with Crippen molar-refractivity contribution in [3.8, 4) is 5.75 Å². The zero-order valence-electron chi connectivity index (χ0n) is 19.4. The lowest BCUT2D eigenvalue weighted by Crippen LogP contribution is -2.28. The molecule has 1 saturated carbocycles. The molecule has 0 unspecified atom stereocenters. The third-order valence-corrected chi connectivity index (χ3v) is 7.04. The van der Waals surface area contributed by atoms with Gasteiger partial charge in [0.25, 0.3) is 0 Å². The van der Waals surface area contributed by atoms with Crippen LogP contribution in [0.15, 0.2) is 30.3 Å². The minimum Gasteiger partial charge on any atom is -0.489 e. The van der Waals surface area contributed by atoms with Crippen molar-refractivity contribution >= 4 is 17.9 Å². The predicted octanol–water partition coefficient (Wildman–Crippen LogP) is 6.51. The third-order valence-electron chi connectivity index (χ3n) is 7.04. The first-order valence-corrected chi connectivity index (χ1v) is 12.0. The first-order valence-electron chi connectivity index (χ1n) is 12.0. The molecule has 182 valence electrons. The number of ether oxygens (including phenoxy) is 1. The van der Waals surface area contributed by atoms with Crippen LogP contribution < -0.4 is 9.64 Å². The number of carbonyl (C=O) groups is 2. The Balaban J connectivity index is 1.50. The molecule has 2 aliphatic rings. The van der Waals surface area contributed by atoms with Gasteiger partial charge in [0.15, 0.2) is 0 Å². The highest BCUT2D eigenvalue weighted by Crippen LogP contribution is 2.41. The van der Waals surface area contributed by atoms with Gasteiger partial charge in [-0.3, -0.25) is 4.79 Å². The smallest absolute Gasteiger partial charge is 0.416 e. The van der Waals surface area contributed by atoms with Gasteiger partial charge in [0.1, 0.15) is 18.6 Å². The molecule has 0 atom stereocenters. The van der Waals surface area contributed by atoms with E-state index in [0.29, 0.717) is 29.8 Å². The van der Waals surface area contributed by atoms with E-state index in [1.807, 2.05) is 13.0 Å². The van der Waals surface area contributed by atoms with Gasteiger partial charge >= 0.3 is 6.18 Å². The van der Waals surface area contributed by atoms with Crippen LogP contribution in [0.1, 0.15) is 78.7 Å². The molecule has 1 aliphatic carbocycles. The lowest BCUT2D eigenvalue weighted by atomic mass is 9.81. The van der Waals surface area contributed by atoms with E-state index >= 15 is 0 Å². The van der Waals surface area contributed by atoms with Gasteiger partial charge in [-0.2, -0.15) is 13.2 Å². The van der Waals surface area contributed by atoms with Crippen molar-refractivity contribution in [1.82, 2.24) is 0 Å². The number of hydrogen-bond donors (Lipinski definition) is 0. The van der Waals surface area contributed by atoms with E-state index in [-0.39, 0.29) is 31.3 Å². The Hall–Kier alpha value is -2.83. The van der Waals surface area contributed by atoms with Crippen molar-refractivity contribution in [3.63, 3.8) is 0 Å². The molecule has 0 aromatic heterocycles. The average molecular weight is 474 g/mol. The first kappa shape index (κ1) is 24.3. The molecule has 2 aromatic carbocycles. The van der Waals surface area contributed by atoms with E-state index in [9.17, 15) is 22.8 Å². The number of nitrogens with zero attached hydrogens (tertiary/aromatic N) is 1. The van der Waals surface area contributed by atoms with Crippen molar-refractivity contribution in [1.29, 1.82) is 0 Å². The Morgan fingerprint density at radius 3 is 2.62 bits per heavy atom. The second kappa shape index (κ2) is 10.2. The van der Waals surface area contributed by atoms with Crippen LogP contribution in [0.25, 0.3) is 0 Å². The Morgan fingerprint density at radius 2 is 1.91 bits per heavy atom. The maximum Gasteiger partial charge on any atom is 0.416 e. The molecule has 34 heavy (non-hydrogen) atoms. The van der Waals surface area contributed by atoms with Crippen molar-refractivity contribution in [3.05, 3.63) is 58.1 Å². The van der Waals surface area contributed by atoms with Crippen LogP contribution >= 0.6 is 0 Å². The van der Waals surface area contributed by atoms with E-state index in [1.54, 1.807) is 23.1 Å². The molecule has 0 spiro atoms. The lowest BCUT2D eigenvalue weighted by Gasteiger charge is -2.25. The molecular formula is C27H30F3NO3. The van der Waals surface area contributed by atoms with Crippen LogP contribution in [0.2, 0.25) is 0 Å². The van der Waals surface area contributed by atoms with E-state index < -0.39 is 11.7 Å². The number of aldehydes is 1. The molecule has 1 aliphatic heterocycles. The fourth-order valence-electron chi connectivity index (χ4n) is 5.24. The van der Waals surface area contributed by atoms with Gasteiger partial charge in [0.2, 0.25) is 5.91 Å². The fourth-order valence-corrected chi connectivity index (χ4v) is 5.24. The molecule has 1 fully saturated rings. The zero-order chi connectivity index (χ0) is 24.3. The number of carbonyl (C=O) groups excluding carboxylic acids is 2. The van der Waals surface area contributed by atoms with Crippen molar-refractivity contribution in [2.45, 2.75) is 77.0 Å². The zero-order valence-corrected chi connectivity index (χ0v) is 19.4. The highest BCUT2D eigenvalue weighted by Gasteiger charge is 2.36. The normalized spacial score (nSPS) is 16.4. The Labute approximate surface area is 198 Å². The summed E-state index contributed by atoms with van der Waals surface area (Å²) in [6.45, 7) is 2.49. The predicted molar refractivity (Wildman–Crippen MR) is 124 cm³/mol. The van der Waals surface area contributed by atoms with Gasteiger partial charge in [-0.15, -0.1) is 0 Å². The van der Waals surface area contributed by atoms with Crippen molar-refractivity contribution in [2.75, 3.05) is 11.4 Å². The maximum atomic E-state index is 13.8. The summed E-state index contributed by atoms with van der Waals surface area (Å²) in [5.41, 5.74) is 3.05. The molecule has 0 radical (unpaired) electrons. The molecule has 0 saturated heterocycles. The second-order valence-electron chi connectivity index (χ2n) is 9.23. The molecule has 2 aromatic rings. The highest BCUT2D eigenvalue weighted by atomic mass is 19.4. The number of amides is 1. The molecule has 4 rings (SSSR count). The Morgan fingerprint density at radius 1 is 1.15 bits per heavy atom. The molecule has 0 N–H and O–H groups in total. The largest absolute Gasteiger partial charge is 0.489 e. The Bertz CT molecular complexity index is 1060. The number of anilines is 1. The van der Waals surface area contributed by atoms with E-state index in [4.69, 9.17) is 4.74 Å². The third kappa shape index (κ3) is 5.13. The number of rotatable bonds is 7. The van der Waals surface area contributed by atoms with Gasteiger partial charge in [-0.1, -0.05) is 31.4 Å². The van der Waals surface area contributed by atoms with Crippen LogP contribution in [0.3, 0.4) is 0 Å². The molecular weight excluding hydrogens is 443 g/mol. The number of halogens is 3. The number of benzene rings is 2. The first-order chi connectivity index (χ1) is 16.3. The summed E-state index contributed by atoms with van der Waals surface area (Å²) in [6, 6.07) is 8.20. The topological polar surface area (TPSA) is 46.6 Å². The molecule has 0 bridgehead atoms. The number of fused-ring (bicyclic) bond motifs is 1. The molecule has 1 amide bonds. The summed E-state index contributed by atoms with van der Waals surface area (Å²) < 4.78 is 47.5. The summed E-state index contributed by atoms with van der Waals surface area (Å²) in [4.78, 5) is 24.6. The van der Waals surface area contributed by atoms with Crippen LogP contribution in [-0.2, 0) is 28.8 Å². The Kier molecular flexibility index (Phi) is 7.29. The fraction of sp³-hybridized carbons (Fsp3) is 0.481. The summed E-state index contributed by atoms with van der Waals surface area (Å²) in [7, 11) is 0.